The van der Waals surface area contributed by atoms with Crippen LogP contribution in [-0.2, 0) is 10.1 Å². The van der Waals surface area contributed by atoms with E-state index in [9.17, 15) is 13.0 Å². The molecule has 0 saturated heterocycles. The quantitative estimate of drug-likeness (QED) is 0.261. The van der Waals surface area contributed by atoms with Crippen LogP contribution in [0.2, 0.25) is 0 Å². The summed E-state index contributed by atoms with van der Waals surface area (Å²) in [6.07, 6.45) is 16.2. The first-order chi connectivity index (χ1) is 10.0. The summed E-state index contributed by atoms with van der Waals surface area (Å²) in [5, 5.41) is -0.666. The predicted molar refractivity (Wildman–Crippen MR) is 89.5 cm³/mol. The Hall–Kier alpha value is 0.910. The van der Waals surface area contributed by atoms with Gasteiger partial charge in [-0.05, 0) is 12.8 Å². The summed E-state index contributed by atoms with van der Waals surface area (Å²) >= 11 is 0. The third-order valence-corrected chi connectivity index (χ3v) is 5.63. The molecular formula is C17H35NaO3S. The zero-order valence-corrected chi connectivity index (χ0v) is 17.9. The molecular weight excluding hydrogens is 307 g/mol. The molecule has 0 aliphatic rings. The third kappa shape index (κ3) is 15.8. The van der Waals surface area contributed by atoms with Crippen LogP contribution in [0.25, 0.3) is 0 Å². The second-order valence-electron chi connectivity index (χ2n) is 6.20. The van der Waals surface area contributed by atoms with Crippen LogP contribution in [0.1, 0.15) is 104 Å². The second-order valence-corrected chi connectivity index (χ2v) is 7.85. The minimum Gasteiger partial charge on any atom is -0.748 e. The molecule has 0 amide bonds. The molecule has 0 aromatic heterocycles. The first-order valence-corrected chi connectivity index (χ1v) is 10.4. The topological polar surface area (TPSA) is 57.2 Å². The van der Waals surface area contributed by atoms with Crippen molar-refractivity contribution in [3.8, 4) is 0 Å². The van der Waals surface area contributed by atoms with Gasteiger partial charge in [0.15, 0.2) is 0 Å². The SMILES string of the molecule is CCCCCCCCCCCCCCC(CC)S(=O)(=O)[O-].[Na+]. The average molecular weight is 343 g/mol. The van der Waals surface area contributed by atoms with Crippen molar-refractivity contribution < 1.29 is 42.5 Å². The molecule has 0 radical (unpaired) electrons. The molecule has 0 aliphatic heterocycles. The van der Waals surface area contributed by atoms with Gasteiger partial charge in [0.1, 0.15) is 0 Å². The normalized spacial score (nSPS) is 12.9. The van der Waals surface area contributed by atoms with Gasteiger partial charge in [0.2, 0.25) is 0 Å². The van der Waals surface area contributed by atoms with Crippen molar-refractivity contribution in [3.05, 3.63) is 0 Å². The van der Waals surface area contributed by atoms with Crippen molar-refractivity contribution in [3.63, 3.8) is 0 Å². The van der Waals surface area contributed by atoms with E-state index >= 15 is 0 Å². The monoisotopic (exact) mass is 342 g/mol. The smallest absolute Gasteiger partial charge is 0.748 e. The van der Waals surface area contributed by atoms with Crippen molar-refractivity contribution in [2.75, 3.05) is 0 Å². The fourth-order valence-corrected chi connectivity index (χ4v) is 3.63. The first kappa shape index (κ1) is 25.2. The minimum absolute atomic E-state index is 0. The molecule has 0 N–H and O–H groups in total. The van der Waals surface area contributed by atoms with E-state index in [1.165, 1.54) is 64.2 Å². The van der Waals surface area contributed by atoms with Gasteiger partial charge in [-0.2, -0.15) is 0 Å². The van der Waals surface area contributed by atoms with Gasteiger partial charge in [0.25, 0.3) is 0 Å². The summed E-state index contributed by atoms with van der Waals surface area (Å²) in [4.78, 5) is 0. The number of rotatable bonds is 15. The van der Waals surface area contributed by atoms with Crippen molar-refractivity contribution in [1.29, 1.82) is 0 Å². The van der Waals surface area contributed by atoms with Crippen LogP contribution in [0.15, 0.2) is 0 Å². The predicted octanol–water partition coefficient (Wildman–Crippen LogP) is 2.41. The molecule has 0 bridgehead atoms. The van der Waals surface area contributed by atoms with Crippen LogP contribution in [0.5, 0.6) is 0 Å². The Morgan fingerprint density at radius 3 is 1.41 bits per heavy atom. The molecule has 0 saturated carbocycles. The summed E-state index contributed by atoms with van der Waals surface area (Å²) in [5.41, 5.74) is 0. The van der Waals surface area contributed by atoms with Gasteiger partial charge >= 0.3 is 29.6 Å². The Balaban J connectivity index is 0. The van der Waals surface area contributed by atoms with Crippen molar-refractivity contribution >= 4 is 10.1 Å². The Kier molecular flexibility index (Phi) is 19.2. The van der Waals surface area contributed by atoms with Crippen LogP contribution in [0.4, 0.5) is 0 Å². The second kappa shape index (κ2) is 16.8. The number of hydrogen-bond donors (Lipinski definition) is 0. The molecule has 128 valence electrons. The van der Waals surface area contributed by atoms with E-state index in [1.54, 1.807) is 6.92 Å². The van der Waals surface area contributed by atoms with E-state index in [0.29, 0.717) is 12.8 Å². The molecule has 22 heavy (non-hydrogen) atoms. The summed E-state index contributed by atoms with van der Waals surface area (Å²) in [7, 11) is -4.08. The van der Waals surface area contributed by atoms with Crippen molar-refractivity contribution in [2.24, 2.45) is 0 Å². The minimum atomic E-state index is -4.08. The maximum absolute atomic E-state index is 10.9. The van der Waals surface area contributed by atoms with Crippen molar-refractivity contribution in [2.45, 2.75) is 109 Å². The molecule has 0 heterocycles. The van der Waals surface area contributed by atoms with E-state index in [2.05, 4.69) is 6.92 Å². The van der Waals surface area contributed by atoms with Gasteiger partial charge in [-0.3, -0.25) is 0 Å². The molecule has 0 fully saturated rings. The summed E-state index contributed by atoms with van der Waals surface area (Å²) in [6, 6.07) is 0. The molecule has 3 nitrogen and oxygen atoms in total. The number of unbranched alkanes of at least 4 members (excludes halogenated alkanes) is 11. The van der Waals surface area contributed by atoms with Crippen molar-refractivity contribution in [1.82, 2.24) is 0 Å². The summed E-state index contributed by atoms with van der Waals surface area (Å²) in [6.45, 7) is 4.02. The summed E-state index contributed by atoms with van der Waals surface area (Å²) in [5.74, 6) is 0. The van der Waals surface area contributed by atoms with E-state index in [4.69, 9.17) is 0 Å². The van der Waals surface area contributed by atoms with E-state index in [-0.39, 0.29) is 29.6 Å². The van der Waals surface area contributed by atoms with Crippen LogP contribution < -0.4 is 29.6 Å². The van der Waals surface area contributed by atoms with Gasteiger partial charge in [-0.1, -0.05) is 90.9 Å². The fraction of sp³-hybridized carbons (Fsp3) is 1.00. The zero-order chi connectivity index (χ0) is 16.0. The van der Waals surface area contributed by atoms with Gasteiger partial charge in [-0.15, -0.1) is 0 Å². The van der Waals surface area contributed by atoms with Crippen LogP contribution >= 0.6 is 0 Å². The molecule has 0 spiro atoms. The summed E-state index contributed by atoms with van der Waals surface area (Å²) < 4.78 is 32.8. The van der Waals surface area contributed by atoms with E-state index in [0.717, 1.165) is 12.8 Å². The van der Waals surface area contributed by atoms with Gasteiger partial charge in [0.05, 0.1) is 10.1 Å². The Bertz CT molecular complexity index is 318. The molecule has 0 rings (SSSR count). The standard InChI is InChI=1S/C17H36O3S.Na/c1-3-5-6-7-8-9-10-11-12-13-14-15-16-17(4-2)21(18,19)20;/h17H,3-16H2,1-2H3,(H,18,19,20);/q;+1/p-1. The average Bonchev–Trinajstić information content (AvgIpc) is 2.42. The molecule has 0 aromatic rings. The maximum atomic E-state index is 10.9. The fourth-order valence-electron chi connectivity index (χ4n) is 2.77. The Morgan fingerprint density at radius 1 is 0.727 bits per heavy atom. The van der Waals surface area contributed by atoms with E-state index < -0.39 is 15.4 Å². The third-order valence-electron chi connectivity index (χ3n) is 4.24. The van der Waals surface area contributed by atoms with Gasteiger partial charge < -0.3 is 4.55 Å². The van der Waals surface area contributed by atoms with Crippen LogP contribution in [0.3, 0.4) is 0 Å². The number of hydrogen-bond acceptors (Lipinski definition) is 3. The maximum Gasteiger partial charge on any atom is 1.00 e. The molecule has 1 atom stereocenters. The molecule has 5 heteroatoms. The van der Waals surface area contributed by atoms with Crippen LogP contribution in [-0.4, -0.2) is 18.2 Å². The largest absolute Gasteiger partial charge is 1.00 e. The Morgan fingerprint density at radius 2 is 1.09 bits per heavy atom. The first-order valence-electron chi connectivity index (χ1n) is 8.97. The Labute approximate surface area is 161 Å². The van der Waals surface area contributed by atoms with Crippen LogP contribution in [0, 0.1) is 0 Å². The van der Waals surface area contributed by atoms with Gasteiger partial charge in [-0.25, -0.2) is 8.42 Å². The zero-order valence-electron chi connectivity index (χ0n) is 15.1. The molecule has 1 unspecified atom stereocenters. The molecule has 0 aliphatic carbocycles. The molecule has 0 aromatic carbocycles. The van der Waals surface area contributed by atoms with E-state index in [1.807, 2.05) is 0 Å². The van der Waals surface area contributed by atoms with Gasteiger partial charge in [0, 0.05) is 5.25 Å².